The smallest absolute Gasteiger partial charge is 0.277 e. The Balaban J connectivity index is 1.82. The summed E-state index contributed by atoms with van der Waals surface area (Å²) in [6.45, 7) is 4.16. The maximum Gasteiger partial charge on any atom is 0.277 e. The standard InChI is InChI=1S/C19H22N2O3/c1-14(2)15-8-10-17(11-9-15)24-13-19(22)21-20-12-16-6-4-5-7-18(16)23-3/h4-12,14H,13H2,1-3H3,(H,21,22)/b20-12+. The lowest BCUT2D eigenvalue weighted by Gasteiger charge is -2.08. The van der Waals surface area contributed by atoms with Crippen molar-refractivity contribution in [3.63, 3.8) is 0 Å². The Labute approximate surface area is 142 Å². The van der Waals surface area contributed by atoms with Crippen LogP contribution >= 0.6 is 0 Å². The summed E-state index contributed by atoms with van der Waals surface area (Å²) in [5.74, 6) is 1.49. The average molecular weight is 326 g/mol. The molecule has 2 aromatic rings. The van der Waals surface area contributed by atoms with Gasteiger partial charge in [-0.15, -0.1) is 0 Å². The monoisotopic (exact) mass is 326 g/mol. The summed E-state index contributed by atoms with van der Waals surface area (Å²) in [4.78, 5) is 11.8. The Hall–Kier alpha value is -2.82. The molecular formula is C19H22N2O3. The maximum atomic E-state index is 11.8. The molecule has 5 nitrogen and oxygen atoms in total. The van der Waals surface area contributed by atoms with E-state index in [9.17, 15) is 4.79 Å². The highest BCUT2D eigenvalue weighted by molar-refractivity contribution is 5.85. The SMILES string of the molecule is COc1ccccc1/C=N/NC(=O)COc1ccc(C(C)C)cc1. The summed E-state index contributed by atoms with van der Waals surface area (Å²) in [6.07, 6.45) is 1.54. The van der Waals surface area contributed by atoms with Gasteiger partial charge in [0.2, 0.25) is 0 Å². The number of methoxy groups -OCH3 is 1. The summed E-state index contributed by atoms with van der Waals surface area (Å²) < 4.78 is 10.6. The Kier molecular flexibility index (Phi) is 6.37. The second-order valence-corrected chi connectivity index (χ2v) is 5.55. The van der Waals surface area contributed by atoms with Gasteiger partial charge >= 0.3 is 0 Å². The molecule has 1 amide bonds. The highest BCUT2D eigenvalue weighted by atomic mass is 16.5. The molecule has 0 unspecified atom stereocenters. The zero-order valence-electron chi connectivity index (χ0n) is 14.2. The van der Waals surface area contributed by atoms with Gasteiger partial charge in [-0.25, -0.2) is 5.43 Å². The van der Waals surface area contributed by atoms with E-state index in [0.717, 1.165) is 5.56 Å². The van der Waals surface area contributed by atoms with Crippen molar-refractivity contribution in [1.82, 2.24) is 5.43 Å². The highest BCUT2D eigenvalue weighted by Gasteiger charge is 2.03. The Morgan fingerprint density at radius 2 is 1.88 bits per heavy atom. The number of rotatable bonds is 7. The number of nitrogens with zero attached hydrogens (tertiary/aromatic N) is 1. The van der Waals surface area contributed by atoms with Crippen LogP contribution in [-0.2, 0) is 4.79 Å². The summed E-state index contributed by atoms with van der Waals surface area (Å²) in [5, 5.41) is 3.92. The van der Waals surface area contributed by atoms with Crippen LogP contribution in [0.4, 0.5) is 0 Å². The van der Waals surface area contributed by atoms with Crippen LogP contribution in [0.2, 0.25) is 0 Å². The molecule has 126 valence electrons. The number of amides is 1. The second kappa shape index (κ2) is 8.72. The number of para-hydroxylation sites is 1. The largest absolute Gasteiger partial charge is 0.496 e. The van der Waals surface area contributed by atoms with Gasteiger partial charge in [-0.3, -0.25) is 4.79 Å². The minimum atomic E-state index is -0.325. The molecule has 0 heterocycles. The van der Waals surface area contributed by atoms with Crippen LogP contribution in [0.15, 0.2) is 53.6 Å². The van der Waals surface area contributed by atoms with Crippen molar-refractivity contribution in [2.75, 3.05) is 13.7 Å². The third-order valence-electron chi connectivity index (χ3n) is 3.45. The zero-order valence-corrected chi connectivity index (χ0v) is 14.2. The summed E-state index contributed by atoms with van der Waals surface area (Å²) in [7, 11) is 1.59. The lowest BCUT2D eigenvalue weighted by molar-refractivity contribution is -0.123. The van der Waals surface area contributed by atoms with E-state index in [-0.39, 0.29) is 12.5 Å². The lowest BCUT2D eigenvalue weighted by Crippen LogP contribution is -2.24. The normalized spacial score (nSPS) is 10.8. The van der Waals surface area contributed by atoms with Gasteiger partial charge in [0.1, 0.15) is 11.5 Å². The van der Waals surface area contributed by atoms with Gasteiger partial charge in [0.05, 0.1) is 13.3 Å². The van der Waals surface area contributed by atoms with Crippen LogP contribution in [0.3, 0.4) is 0 Å². The third-order valence-corrected chi connectivity index (χ3v) is 3.45. The van der Waals surface area contributed by atoms with Crippen molar-refractivity contribution in [2.45, 2.75) is 19.8 Å². The first-order valence-electron chi connectivity index (χ1n) is 7.78. The van der Waals surface area contributed by atoms with Gasteiger partial charge < -0.3 is 9.47 Å². The molecule has 0 atom stereocenters. The fraction of sp³-hybridized carbons (Fsp3) is 0.263. The van der Waals surface area contributed by atoms with Crippen LogP contribution in [0.5, 0.6) is 11.5 Å². The summed E-state index contributed by atoms with van der Waals surface area (Å²) in [6, 6.07) is 15.1. The van der Waals surface area contributed by atoms with E-state index in [0.29, 0.717) is 17.4 Å². The third kappa shape index (κ3) is 5.12. The number of carbonyl (C=O) groups excluding carboxylic acids is 1. The minimum Gasteiger partial charge on any atom is -0.496 e. The van der Waals surface area contributed by atoms with Crippen LogP contribution in [0.1, 0.15) is 30.9 Å². The number of hydrogen-bond acceptors (Lipinski definition) is 4. The molecule has 24 heavy (non-hydrogen) atoms. The van der Waals surface area contributed by atoms with E-state index in [2.05, 4.69) is 24.4 Å². The van der Waals surface area contributed by atoms with Crippen molar-refractivity contribution in [3.8, 4) is 11.5 Å². The number of hydrogen-bond donors (Lipinski definition) is 1. The molecule has 0 aromatic heterocycles. The maximum absolute atomic E-state index is 11.8. The van der Waals surface area contributed by atoms with Gasteiger partial charge in [-0.1, -0.05) is 38.1 Å². The lowest BCUT2D eigenvalue weighted by atomic mass is 10.0. The predicted octanol–water partition coefficient (Wildman–Crippen LogP) is 3.35. The van der Waals surface area contributed by atoms with Crippen molar-refractivity contribution >= 4 is 12.1 Å². The van der Waals surface area contributed by atoms with E-state index in [1.54, 1.807) is 7.11 Å². The van der Waals surface area contributed by atoms with Gasteiger partial charge in [0.25, 0.3) is 5.91 Å². The Morgan fingerprint density at radius 1 is 1.17 bits per heavy atom. The molecule has 5 heteroatoms. The van der Waals surface area contributed by atoms with Crippen molar-refractivity contribution < 1.29 is 14.3 Å². The minimum absolute atomic E-state index is 0.0930. The summed E-state index contributed by atoms with van der Waals surface area (Å²) >= 11 is 0. The number of carbonyl (C=O) groups is 1. The van der Waals surface area contributed by atoms with E-state index < -0.39 is 0 Å². The number of benzene rings is 2. The molecule has 2 rings (SSSR count). The summed E-state index contributed by atoms with van der Waals surface area (Å²) in [5.41, 5.74) is 4.44. The fourth-order valence-corrected chi connectivity index (χ4v) is 2.08. The molecule has 1 N–H and O–H groups in total. The van der Waals surface area contributed by atoms with E-state index >= 15 is 0 Å². The fourth-order valence-electron chi connectivity index (χ4n) is 2.08. The van der Waals surface area contributed by atoms with E-state index in [1.807, 2.05) is 48.5 Å². The Bertz CT molecular complexity index is 694. The van der Waals surface area contributed by atoms with Crippen molar-refractivity contribution in [3.05, 3.63) is 59.7 Å². The first kappa shape index (κ1) is 17.5. The molecule has 0 saturated carbocycles. The van der Waals surface area contributed by atoms with Gasteiger partial charge in [-0.2, -0.15) is 5.10 Å². The molecule has 2 aromatic carbocycles. The molecule has 0 aliphatic heterocycles. The first-order chi connectivity index (χ1) is 11.6. The molecule has 0 radical (unpaired) electrons. The molecule has 0 saturated heterocycles. The number of hydrazone groups is 1. The molecular weight excluding hydrogens is 304 g/mol. The van der Waals surface area contributed by atoms with Gasteiger partial charge in [-0.05, 0) is 35.7 Å². The van der Waals surface area contributed by atoms with Crippen LogP contribution < -0.4 is 14.9 Å². The van der Waals surface area contributed by atoms with E-state index in [4.69, 9.17) is 9.47 Å². The number of nitrogens with one attached hydrogen (secondary N) is 1. The van der Waals surface area contributed by atoms with Crippen molar-refractivity contribution in [2.24, 2.45) is 5.10 Å². The quantitative estimate of drug-likeness (QED) is 0.627. The first-order valence-corrected chi connectivity index (χ1v) is 7.78. The molecule has 0 aliphatic rings. The van der Waals surface area contributed by atoms with Gasteiger partial charge in [0.15, 0.2) is 6.61 Å². The highest BCUT2D eigenvalue weighted by Crippen LogP contribution is 2.18. The molecule has 0 bridgehead atoms. The van der Waals surface area contributed by atoms with E-state index in [1.165, 1.54) is 11.8 Å². The zero-order chi connectivity index (χ0) is 17.4. The Morgan fingerprint density at radius 3 is 2.54 bits per heavy atom. The van der Waals surface area contributed by atoms with Crippen LogP contribution in [0, 0.1) is 0 Å². The topological polar surface area (TPSA) is 59.9 Å². The molecule has 0 aliphatic carbocycles. The molecule has 0 fully saturated rings. The van der Waals surface area contributed by atoms with Gasteiger partial charge in [0, 0.05) is 5.56 Å². The predicted molar refractivity (Wildman–Crippen MR) is 94.8 cm³/mol. The average Bonchev–Trinajstić information content (AvgIpc) is 2.60. The number of ether oxygens (including phenoxy) is 2. The van der Waals surface area contributed by atoms with Crippen LogP contribution in [-0.4, -0.2) is 25.8 Å². The molecule has 0 spiro atoms. The van der Waals surface area contributed by atoms with Crippen LogP contribution in [0.25, 0.3) is 0 Å². The van der Waals surface area contributed by atoms with Crippen molar-refractivity contribution in [1.29, 1.82) is 0 Å². The second-order valence-electron chi connectivity index (χ2n) is 5.55.